The molecule has 2 saturated heterocycles. The summed E-state index contributed by atoms with van der Waals surface area (Å²) in [6, 6.07) is 7.83. The molecule has 2 aliphatic rings. The van der Waals surface area contributed by atoms with Crippen LogP contribution >= 0.6 is 0 Å². The molecule has 0 bridgehead atoms. The Labute approximate surface area is 143 Å². The molecule has 0 aliphatic carbocycles. The number of rotatable bonds is 6. The first-order chi connectivity index (χ1) is 11.8. The Morgan fingerprint density at radius 3 is 3.00 bits per heavy atom. The molecule has 0 radical (unpaired) electrons. The van der Waals surface area contributed by atoms with Crippen molar-refractivity contribution in [3.05, 3.63) is 29.8 Å². The van der Waals surface area contributed by atoms with Gasteiger partial charge >= 0.3 is 0 Å². The van der Waals surface area contributed by atoms with Crippen LogP contribution < -0.4 is 10.1 Å². The molecular formula is C18H26N2O4. The van der Waals surface area contributed by atoms with Crippen molar-refractivity contribution < 1.29 is 19.0 Å². The average molecular weight is 334 g/mol. The summed E-state index contributed by atoms with van der Waals surface area (Å²) >= 11 is 0. The van der Waals surface area contributed by atoms with Gasteiger partial charge in [-0.15, -0.1) is 0 Å². The van der Waals surface area contributed by atoms with E-state index in [0.29, 0.717) is 26.2 Å². The molecule has 3 rings (SSSR count). The smallest absolute Gasteiger partial charge is 0.253 e. The van der Waals surface area contributed by atoms with E-state index < -0.39 is 6.10 Å². The molecule has 2 heterocycles. The van der Waals surface area contributed by atoms with Gasteiger partial charge in [0.15, 0.2) is 0 Å². The third kappa shape index (κ3) is 4.47. The first-order valence-corrected chi connectivity index (χ1v) is 8.62. The number of morpholine rings is 1. The number of benzene rings is 1. The molecule has 2 fully saturated rings. The van der Waals surface area contributed by atoms with Crippen molar-refractivity contribution in [2.75, 3.05) is 40.0 Å². The summed E-state index contributed by atoms with van der Waals surface area (Å²) in [5.74, 6) is 0.827. The average Bonchev–Trinajstić information content (AvgIpc) is 3.14. The number of ether oxygens (including phenoxy) is 3. The van der Waals surface area contributed by atoms with Gasteiger partial charge in [0.2, 0.25) is 0 Å². The Kier molecular flexibility index (Phi) is 6.07. The number of methoxy groups -OCH3 is 1. The second-order valence-corrected chi connectivity index (χ2v) is 6.27. The minimum atomic E-state index is -0.411. The minimum Gasteiger partial charge on any atom is -0.497 e. The number of nitrogens with one attached hydrogen (secondary N) is 1. The molecule has 2 aliphatic heterocycles. The van der Waals surface area contributed by atoms with Crippen LogP contribution in [0.5, 0.6) is 5.75 Å². The van der Waals surface area contributed by atoms with Crippen LogP contribution in [0.3, 0.4) is 0 Å². The Balaban J connectivity index is 1.71. The number of carbonyl (C=O) groups excluding carboxylic acids is 1. The van der Waals surface area contributed by atoms with Gasteiger partial charge in [-0.3, -0.25) is 4.79 Å². The number of nitrogens with zero attached hydrogens (tertiary/aromatic N) is 1. The van der Waals surface area contributed by atoms with E-state index >= 15 is 0 Å². The molecule has 0 saturated carbocycles. The lowest BCUT2D eigenvalue weighted by atomic mass is 10.1. The van der Waals surface area contributed by atoms with Gasteiger partial charge in [0.25, 0.3) is 5.91 Å². The molecule has 6 heteroatoms. The molecular weight excluding hydrogens is 308 g/mol. The monoisotopic (exact) mass is 334 g/mol. The van der Waals surface area contributed by atoms with Crippen LogP contribution in [0.25, 0.3) is 0 Å². The maximum Gasteiger partial charge on any atom is 0.253 e. The molecule has 24 heavy (non-hydrogen) atoms. The highest BCUT2D eigenvalue weighted by Gasteiger charge is 2.29. The molecule has 1 amide bonds. The summed E-state index contributed by atoms with van der Waals surface area (Å²) in [4.78, 5) is 14.8. The largest absolute Gasteiger partial charge is 0.497 e. The number of hydrogen-bond donors (Lipinski definition) is 1. The first kappa shape index (κ1) is 17.2. The zero-order valence-corrected chi connectivity index (χ0v) is 14.2. The number of hydrogen-bond acceptors (Lipinski definition) is 5. The zero-order chi connectivity index (χ0) is 16.8. The fraction of sp³-hybridized carbons (Fsp3) is 0.611. The van der Waals surface area contributed by atoms with Crippen molar-refractivity contribution in [1.82, 2.24) is 10.2 Å². The summed E-state index contributed by atoms with van der Waals surface area (Å²) < 4.78 is 16.7. The zero-order valence-electron chi connectivity index (χ0n) is 14.2. The summed E-state index contributed by atoms with van der Waals surface area (Å²) in [5, 5.41) is 3.22. The Bertz CT molecular complexity index is 540. The lowest BCUT2D eigenvalue weighted by molar-refractivity contribution is -0.147. The lowest BCUT2D eigenvalue weighted by Gasteiger charge is -2.31. The Morgan fingerprint density at radius 2 is 2.29 bits per heavy atom. The third-order valence-corrected chi connectivity index (χ3v) is 4.47. The summed E-state index contributed by atoms with van der Waals surface area (Å²) in [6.45, 7) is 3.87. The molecule has 0 spiro atoms. The molecule has 6 nitrogen and oxygen atoms in total. The van der Waals surface area contributed by atoms with Crippen LogP contribution in [0.1, 0.15) is 18.4 Å². The molecule has 2 atom stereocenters. The van der Waals surface area contributed by atoms with Gasteiger partial charge < -0.3 is 24.4 Å². The molecule has 2 unspecified atom stereocenters. The predicted octanol–water partition coefficient (Wildman–Crippen LogP) is 1.19. The Hall–Kier alpha value is -1.63. The van der Waals surface area contributed by atoms with Crippen LogP contribution in [0.4, 0.5) is 0 Å². The van der Waals surface area contributed by atoms with Gasteiger partial charge in [0.1, 0.15) is 11.9 Å². The fourth-order valence-electron chi connectivity index (χ4n) is 3.19. The molecule has 1 N–H and O–H groups in total. The van der Waals surface area contributed by atoms with E-state index in [4.69, 9.17) is 14.2 Å². The van der Waals surface area contributed by atoms with E-state index in [1.165, 1.54) is 0 Å². The van der Waals surface area contributed by atoms with Crippen molar-refractivity contribution >= 4 is 5.91 Å². The van der Waals surface area contributed by atoms with Gasteiger partial charge in [-0.2, -0.15) is 0 Å². The number of carbonyl (C=O) groups is 1. The second-order valence-electron chi connectivity index (χ2n) is 6.27. The van der Waals surface area contributed by atoms with Gasteiger partial charge in [-0.1, -0.05) is 12.1 Å². The van der Waals surface area contributed by atoms with Gasteiger partial charge in [0.05, 0.1) is 19.8 Å². The highest BCUT2D eigenvalue weighted by molar-refractivity contribution is 5.81. The standard InChI is InChI=1S/C18H26N2O4/c1-22-15-5-2-4-14(10-15)12-20(13-16-6-3-8-23-16)18(21)17-11-19-7-9-24-17/h2,4-5,10,16-17,19H,3,6-9,11-13H2,1H3. The highest BCUT2D eigenvalue weighted by Crippen LogP contribution is 2.19. The van der Waals surface area contributed by atoms with Crippen molar-refractivity contribution in [2.45, 2.75) is 31.6 Å². The van der Waals surface area contributed by atoms with Crippen molar-refractivity contribution in [3.8, 4) is 5.75 Å². The van der Waals surface area contributed by atoms with E-state index in [9.17, 15) is 4.79 Å². The van der Waals surface area contributed by atoms with E-state index in [2.05, 4.69) is 5.32 Å². The van der Waals surface area contributed by atoms with E-state index in [1.54, 1.807) is 7.11 Å². The SMILES string of the molecule is COc1cccc(CN(CC2CCCO2)C(=O)C2CNCCO2)c1. The van der Waals surface area contributed by atoms with E-state index in [0.717, 1.165) is 37.3 Å². The molecule has 132 valence electrons. The van der Waals surface area contributed by atoms with E-state index in [-0.39, 0.29) is 12.0 Å². The fourth-order valence-corrected chi connectivity index (χ4v) is 3.19. The van der Waals surface area contributed by atoms with Crippen LogP contribution in [-0.2, 0) is 20.8 Å². The summed E-state index contributed by atoms with van der Waals surface area (Å²) in [6.07, 6.45) is 1.78. The molecule has 1 aromatic rings. The predicted molar refractivity (Wildman–Crippen MR) is 90.0 cm³/mol. The summed E-state index contributed by atoms with van der Waals surface area (Å²) in [5.41, 5.74) is 1.05. The van der Waals surface area contributed by atoms with Gasteiger partial charge in [-0.25, -0.2) is 0 Å². The molecule has 0 aromatic heterocycles. The summed E-state index contributed by atoms with van der Waals surface area (Å²) in [7, 11) is 1.65. The highest BCUT2D eigenvalue weighted by atomic mass is 16.5. The maximum absolute atomic E-state index is 12.9. The van der Waals surface area contributed by atoms with E-state index in [1.807, 2.05) is 29.2 Å². The van der Waals surface area contributed by atoms with Crippen molar-refractivity contribution in [1.29, 1.82) is 0 Å². The second kappa shape index (κ2) is 8.46. The normalized spacial score (nSPS) is 23.9. The van der Waals surface area contributed by atoms with Crippen LogP contribution in [0, 0.1) is 0 Å². The third-order valence-electron chi connectivity index (χ3n) is 4.47. The first-order valence-electron chi connectivity index (χ1n) is 8.62. The Morgan fingerprint density at radius 1 is 1.38 bits per heavy atom. The quantitative estimate of drug-likeness (QED) is 0.847. The molecule has 1 aromatic carbocycles. The topological polar surface area (TPSA) is 60.0 Å². The van der Waals surface area contributed by atoms with Crippen molar-refractivity contribution in [3.63, 3.8) is 0 Å². The van der Waals surface area contributed by atoms with Crippen LogP contribution in [0.15, 0.2) is 24.3 Å². The van der Waals surface area contributed by atoms with Gasteiger partial charge in [-0.05, 0) is 30.5 Å². The van der Waals surface area contributed by atoms with Crippen LogP contribution in [0.2, 0.25) is 0 Å². The van der Waals surface area contributed by atoms with Crippen LogP contribution in [-0.4, -0.2) is 63.0 Å². The van der Waals surface area contributed by atoms with Gasteiger partial charge in [0, 0.05) is 32.8 Å². The number of amides is 1. The van der Waals surface area contributed by atoms with Crippen molar-refractivity contribution in [2.24, 2.45) is 0 Å². The minimum absolute atomic E-state index is 0.0283. The lowest BCUT2D eigenvalue weighted by Crippen LogP contribution is -2.50. The maximum atomic E-state index is 12.9.